The SMILES string of the molecule is CCCNc1ccc(C(=O)Nc2cccc(CC)c2)nc1. The van der Waals surface area contributed by atoms with Crippen LogP contribution in [0.1, 0.15) is 36.3 Å². The molecule has 110 valence electrons. The zero-order chi connectivity index (χ0) is 15.1. The first-order valence-electron chi connectivity index (χ1n) is 7.33. The second-order valence-corrected chi connectivity index (χ2v) is 4.87. The van der Waals surface area contributed by atoms with E-state index >= 15 is 0 Å². The highest BCUT2D eigenvalue weighted by Gasteiger charge is 2.07. The lowest BCUT2D eigenvalue weighted by Gasteiger charge is -2.07. The van der Waals surface area contributed by atoms with Gasteiger partial charge in [0.05, 0.1) is 11.9 Å². The maximum Gasteiger partial charge on any atom is 0.274 e. The van der Waals surface area contributed by atoms with Gasteiger partial charge in [-0.25, -0.2) is 4.98 Å². The van der Waals surface area contributed by atoms with Crippen LogP contribution in [0.15, 0.2) is 42.6 Å². The molecule has 0 unspecified atom stereocenters. The summed E-state index contributed by atoms with van der Waals surface area (Å²) in [5.41, 5.74) is 3.34. The molecule has 1 aromatic carbocycles. The second kappa shape index (κ2) is 7.43. The van der Waals surface area contributed by atoms with E-state index in [1.807, 2.05) is 30.3 Å². The molecule has 1 amide bonds. The Kier molecular flexibility index (Phi) is 5.32. The van der Waals surface area contributed by atoms with Crippen molar-refractivity contribution >= 4 is 17.3 Å². The lowest BCUT2D eigenvalue weighted by Crippen LogP contribution is -2.14. The number of anilines is 2. The van der Waals surface area contributed by atoms with Gasteiger partial charge in [-0.2, -0.15) is 0 Å². The third kappa shape index (κ3) is 4.31. The number of hydrogen-bond acceptors (Lipinski definition) is 3. The predicted molar refractivity (Wildman–Crippen MR) is 86.8 cm³/mol. The number of benzene rings is 1. The van der Waals surface area contributed by atoms with Crippen molar-refractivity contribution in [2.45, 2.75) is 26.7 Å². The molecule has 21 heavy (non-hydrogen) atoms. The fraction of sp³-hybridized carbons (Fsp3) is 0.294. The monoisotopic (exact) mass is 283 g/mol. The number of pyridine rings is 1. The van der Waals surface area contributed by atoms with Crippen LogP contribution in [0.2, 0.25) is 0 Å². The number of rotatable bonds is 6. The number of nitrogens with zero attached hydrogens (tertiary/aromatic N) is 1. The minimum Gasteiger partial charge on any atom is -0.384 e. The van der Waals surface area contributed by atoms with E-state index in [4.69, 9.17) is 0 Å². The first-order chi connectivity index (χ1) is 10.2. The molecule has 1 heterocycles. The zero-order valence-electron chi connectivity index (χ0n) is 12.5. The molecule has 2 aromatic rings. The molecule has 0 fully saturated rings. The van der Waals surface area contributed by atoms with Gasteiger partial charge in [0.1, 0.15) is 5.69 Å². The van der Waals surface area contributed by atoms with E-state index in [1.54, 1.807) is 12.3 Å². The number of aromatic nitrogens is 1. The first-order valence-corrected chi connectivity index (χ1v) is 7.33. The van der Waals surface area contributed by atoms with Crippen LogP contribution in [-0.2, 0) is 6.42 Å². The van der Waals surface area contributed by atoms with E-state index in [1.165, 1.54) is 5.56 Å². The van der Waals surface area contributed by atoms with Gasteiger partial charge in [-0.3, -0.25) is 4.79 Å². The lowest BCUT2D eigenvalue weighted by atomic mass is 10.1. The van der Waals surface area contributed by atoms with Gasteiger partial charge in [-0.1, -0.05) is 26.0 Å². The number of hydrogen-bond donors (Lipinski definition) is 2. The first kappa shape index (κ1) is 15.0. The highest BCUT2D eigenvalue weighted by Crippen LogP contribution is 2.13. The van der Waals surface area contributed by atoms with E-state index in [0.29, 0.717) is 5.69 Å². The third-order valence-electron chi connectivity index (χ3n) is 3.17. The van der Waals surface area contributed by atoms with Crippen LogP contribution in [0.3, 0.4) is 0 Å². The summed E-state index contributed by atoms with van der Waals surface area (Å²) in [6.07, 6.45) is 3.68. The van der Waals surface area contributed by atoms with Gasteiger partial charge in [-0.15, -0.1) is 0 Å². The van der Waals surface area contributed by atoms with Crippen molar-refractivity contribution in [2.24, 2.45) is 0 Å². The van der Waals surface area contributed by atoms with Gasteiger partial charge in [0, 0.05) is 12.2 Å². The average molecular weight is 283 g/mol. The van der Waals surface area contributed by atoms with Crippen molar-refractivity contribution in [3.8, 4) is 0 Å². The van der Waals surface area contributed by atoms with E-state index in [9.17, 15) is 4.79 Å². The molecule has 0 atom stereocenters. The van der Waals surface area contributed by atoms with Gasteiger partial charge in [0.2, 0.25) is 0 Å². The molecule has 4 nitrogen and oxygen atoms in total. The largest absolute Gasteiger partial charge is 0.384 e. The van der Waals surface area contributed by atoms with Crippen LogP contribution in [0.5, 0.6) is 0 Å². The molecular weight excluding hydrogens is 262 g/mol. The summed E-state index contributed by atoms with van der Waals surface area (Å²) >= 11 is 0. The maximum atomic E-state index is 12.1. The average Bonchev–Trinajstić information content (AvgIpc) is 2.53. The van der Waals surface area contributed by atoms with Crippen LogP contribution in [0, 0.1) is 0 Å². The second-order valence-electron chi connectivity index (χ2n) is 4.87. The molecular formula is C17H21N3O. The number of amides is 1. The summed E-state index contributed by atoms with van der Waals surface area (Å²) in [6.45, 7) is 5.09. The van der Waals surface area contributed by atoms with Crippen molar-refractivity contribution in [1.82, 2.24) is 4.98 Å². The molecule has 0 saturated carbocycles. The Morgan fingerprint density at radius 1 is 1.14 bits per heavy atom. The highest BCUT2D eigenvalue weighted by molar-refractivity contribution is 6.02. The molecule has 2 rings (SSSR count). The maximum absolute atomic E-state index is 12.1. The number of aryl methyl sites for hydroxylation is 1. The Balaban J connectivity index is 2.02. The van der Waals surface area contributed by atoms with Crippen molar-refractivity contribution in [2.75, 3.05) is 17.2 Å². The Bertz CT molecular complexity index is 593. The lowest BCUT2D eigenvalue weighted by molar-refractivity contribution is 0.102. The van der Waals surface area contributed by atoms with E-state index < -0.39 is 0 Å². The topological polar surface area (TPSA) is 54.0 Å². The van der Waals surface area contributed by atoms with Gasteiger partial charge >= 0.3 is 0 Å². The molecule has 0 aliphatic rings. The van der Waals surface area contributed by atoms with Crippen LogP contribution in [0.4, 0.5) is 11.4 Å². The van der Waals surface area contributed by atoms with Gasteiger partial charge < -0.3 is 10.6 Å². The molecule has 0 bridgehead atoms. The summed E-state index contributed by atoms with van der Waals surface area (Å²) in [4.78, 5) is 16.3. The summed E-state index contributed by atoms with van der Waals surface area (Å²) in [5.74, 6) is -0.190. The molecule has 2 N–H and O–H groups in total. The quantitative estimate of drug-likeness (QED) is 0.849. The van der Waals surface area contributed by atoms with Crippen molar-refractivity contribution in [3.05, 3.63) is 53.9 Å². The van der Waals surface area contributed by atoms with Crippen molar-refractivity contribution in [1.29, 1.82) is 0 Å². The van der Waals surface area contributed by atoms with Crippen LogP contribution >= 0.6 is 0 Å². The Morgan fingerprint density at radius 3 is 2.67 bits per heavy atom. The van der Waals surface area contributed by atoms with Crippen molar-refractivity contribution < 1.29 is 4.79 Å². The molecule has 0 radical (unpaired) electrons. The number of carbonyl (C=O) groups excluding carboxylic acids is 1. The summed E-state index contributed by atoms with van der Waals surface area (Å²) in [6, 6.07) is 11.5. The Hall–Kier alpha value is -2.36. The van der Waals surface area contributed by atoms with Crippen molar-refractivity contribution in [3.63, 3.8) is 0 Å². The van der Waals surface area contributed by atoms with Gasteiger partial charge in [-0.05, 0) is 42.7 Å². The minimum absolute atomic E-state index is 0.190. The fourth-order valence-corrected chi connectivity index (χ4v) is 1.97. The number of carbonyl (C=O) groups is 1. The molecule has 1 aromatic heterocycles. The summed E-state index contributed by atoms with van der Waals surface area (Å²) < 4.78 is 0. The summed E-state index contributed by atoms with van der Waals surface area (Å²) in [5, 5.41) is 6.10. The normalized spacial score (nSPS) is 10.2. The van der Waals surface area contributed by atoms with Gasteiger partial charge in [0.25, 0.3) is 5.91 Å². The van der Waals surface area contributed by atoms with E-state index in [-0.39, 0.29) is 5.91 Å². The highest BCUT2D eigenvalue weighted by atomic mass is 16.1. The third-order valence-corrected chi connectivity index (χ3v) is 3.17. The Labute approximate surface area is 125 Å². The van der Waals surface area contributed by atoms with Gasteiger partial charge in [0.15, 0.2) is 0 Å². The summed E-state index contributed by atoms with van der Waals surface area (Å²) in [7, 11) is 0. The smallest absolute Gasteiger partial charge is 0.274 e. The van der Waals surface area contributed by atoms with E-state index in [0.717, 1.165) is 30.8 Å². The molecule has 0 saturated heterocycles. The standard InChI is InChI=1S/C17H21N3O/c1-3-10-18-15-8-9-16(19-12-15)17(21)20-14-7-5-6-13(4-2)11-14/h5-9,11-12,18H,3-4,10H2,1-2H3,(H,20,21). The molecule has 0 spiro atoms. The molecule has 0 aliphatic heterocycles. The molecule has 4 heteroatoms. The predicted octanol–water partition coefficient (Wildman–Crippen LogP) is 3.72. The van der Waals surface area contributed by atoms with Crippen LogP contribution < -0.4 is 10.6 Å². The number of nitrogens with one attached hydrogen (secondary N) is 2. The fourth-order valence-electron chi connectivity index (χ4n) is 1.97. The minimum atomic E-state index is -0.190. The van der Waals surface area contributed by atoms with Crippen LogP contribution in [-0.4, -0.2) is 17.4 Å². The zero-order valence-corrected chi connectivity index (χ0v) is 12.5. The van der Waals surface area contributed by atoms with E-state index in [2.05, 4.69) is 29.5 Å². The molecule has 0 aliphatic carbocycles. The van der Waals surface area contributed by atoms with Crippen LogP contribution in [0.25, 0.3) is 0 Å². The Morgan fingerprint density at radius 2 is 2.00 bits per heavy atom.